The number of aryl methyl sites for hydroxylation is 1. The van der Waals surface area contributed by atoms with Crippen LogP contribution in [0.1, 0.15) is 11.1 Å². The Balaban J connectivity index is 1.62. The van der Waals surface area contributed by atoms with Gasteiger partial charge in [-0.2, -0.15) is 18.2 Å². The summed E-state index contributed by atoms with van der Waals surface area (Å²) in [5.41, 5.74) is 2.20. The zero-order chi connectivity index (χ0) is 26.4. The number of amides is 2. The van der Waals surface area contributed by atoms with E-state index in [1.807, 2.05) is 25.1 Å². The molecule has 3 aromatic carbocycles. The summed E-state index contributed by atoms with van der Waals surface area (Å²) in [5.74, 6) is 0.266. The van der Waals surface area contributed by atoms with Gasteiger partial charge < -0.3 is 20.1 Å². The van der Waals surface area contributed by atoms with Crippen LogP contribution < -0.4 is 15.4 Å². The number of benzene rings is 3. The Hall–Kier alpha value is -4.38. The molecule has 37 heavy (non-hydrogen) atoms. The van der Waals surface area contributed by atoms with E-state index in [-0.39, 0.29) is 18.4 Å². The number of ether oxygens (including phenoxy) is 2. The molecule has 8 nitrogen and oxygen atoms in total. The lowest BCUT2D eigenvalue weighted by Gasteiger charge is -2.12. The highest BCUT2D eigenvalue weighted by molar-refractivity contribution is 6.00. The summed E-state index contributed by atoms with van der Waals surface area (Å²) in [7, 11) is 1.52. The fraction of sp³-hybridized carbons (Fsp3) is 0.192. The van der Waals surface area contributed by atoms with E-state index in [0.717, 1.165) is 17.7 Å². The van der Waals surface area contributed by atoms with Gasteiger partial charge >= 0.3 is 18.2 Å². The van der Waals surface area contributed by atoms with Gasteiger partial charge in [-0.15, -0.1) is 5.10 Å². The first-order valence-corrected chi connectivity index (χ1v) is 11.2. The highest BCUT2D eigenvalue weighted by atomic mass is 19.4. The van der Waals surface area contributed by atoms with Gasteiger partial charge in [0.25, 0.3) is 0 Å². The lowest BCUT2D eigenvalue weighted by atomic mass is 10.1. The Labute approximate surface area is 211 Å². The topological polar surface area (TPSA) is 90.3 Å². The van der Waals surface area contributed by atoms with Crippen molar-refractivity contribution in [2.45, 2.75) is 13.1 Å². The number of para-hydroxylation sites is 1. The monoisotopic (exact) mass is 511 g/mol. The average molecular weight is 512 g/mol. The van der Waals surface area contributed by atoms with Gasteiger partial charge in [-0.1, -0.05) is 36.4 Å². The van der Waals surface area contributed by atoms with E-state index in [9.17, 15) is 18.0 Å². The highest BCUT2D eigenvalue weighted by Gasteiger charge is 2.30. The predicted octanol–water partition coefficient (Wildman–Crippen LogP) is 5.93. The van der Waals surface area contributed by atoms with Crippen molar-refractivity contribution < 1.29 is 27.4 Å². The second-order valence-corrected chi connectivity index (χ2v) is 7.99. The van der Waals surface area contributed by atoms with Crippen LogP contribution in [0, 0.1) is 6.92 Å². The maximum Gasteiger partial charge on any atom is 0.416 e. The fourth-order valence-corrected chi connectivity index (χ4v) is 3.46. The summed E-state index contributed by atoms with van der Waals surface area (Å²) in [5, 5.41) is 9.95. The molecule has 1 heterocycles. The van der Waals surface area contributed by atoms with Gasteiger partial charge in [0.05, 0.1) is 17.9 Å². The molecule has 0 bridgehead atoms. The molecule has 11 heteroatoms. The van der Waals surface area contributed by atoms with Crippen LogP contribution in [-0.4, -0.2) is 41.1 Å². The first-order valence-electron chi connectivity index (χ1n) is 11.2. The quantitative estimate of drug-likeness (QED) is 0.286. The Bertz CT molecular complexity index is 1370. The number of carbonyl (C=O) groups excluding carboxylic acids is 1. The van der Waals surface area contributed by atoms with E-state index >= 15 is 0 Å². The second kappa shape index (κ2) is 11.1. The largest absolute Gasteiger partial charge is 0.460 e. The van der Waals surface area contributed by atoms with Crippen molar-refractivity contribution in [1.82, 2.24) is 14.8 Å². The maximum absolute atomic E-state index is 13.0. The summed E-state index contributed by atoms with van der Waals surface area (Å²) in [4.78, 5) is 16.9. The average Bonchev–Trinajstić information content (AvgIpc) is 3.30. The van der Waals surface area contributed by atoms with E-state index < -0.39 is 17.8 Å². The molecular formula is C26H24F3N5O3. The molecule has 4 aromatic rings. The van der Waals surface area contributed by atoms with Crippen molar-refractivity contribution in [3.8, 4) is 23.1 Å². The van der Waals surface area contributed by atoms with Crippen molar-refractivity contribution in [1.29, 1.82) is 0 Å². The first kappa shape index (κ1) is 25.7. The molecule has 0 aliphatic carbocycles. The van der Waals surface area contributed by atoms with Gasteiger partial charge in [-0.25, -0.2) is 9.48 Å². The molecule has 0 atom stereocenters. The zero-order valence-electron chi connectivity index (χ0n) is 20.0. The second-order valence-electron chi connectivity index (χ2n) is 7.99. The van der Waals surface area contributed by atoms with Gasteiger partial charge in [0, 0.05) is 24.0 Å². The molecule has 2 amide bonds. The number of halogens is 3. The molecule has 0 saturated heterocycles. The molecule has 0 aliphatic heterocycles. The van der Waals surface area contributed by atoms with Crippen LogP contribution >= 0.6 is 0 Å². The Morgan fingerprint density at radius 3 is 2.43 bits per heavy atom. The van der Waals surface area contributed by atoms with E-state index in [0.29, 0.717) is 29.2 Å². The van der Waals surface area contributed by atoms with Crippen LogP contribution in [0.2, 0.25) is 0 Å². The summed E-state index contributed by atoms with van der Waals surface area (Å²) in [6, 6.07) is 18.4. The lowest BCUT2D eigenvalue weighted by molar-refractivity contribution is -0.137. The summed E-state index contributed by atoms with van der Waals surface area (Å²) < 4.78 is 51.1. The standard InChI is InChI=1S/C26H24F3N5O3/c1-17-6-3-4-9-22(17)31-24(35)30-20-7-5-8-21(16-20)34-23(32-25(33-34)37-15-14-36-2)18-10-12-19(13-11-18)26(27,28)29/h3-13,16H,14-15H2,1-2H3,(H2,30,31,35). The SMILES string of the molecule is COCCOc1nc(-c2ccc(C(F)(F)F)cc2)n(-c2cccc(NC(=O)Nc3ccccc3C)c2)n1. The maximum atomic E-state index is 13.0. The fourth-order valence-electron chi connectivity index (χ4n) is 3.46. The van der Waals surface area contributed by atoms with Crippen LogP contribution in [0.5, 0.6) is 6.01 Å². The molecule has 2 N–H and O–H groups in total. The van der Waals surface area contributed by atoms with Crippen molar-refractivity contribution >= 4 is 17.4 Å². The number of hydrogen-bond acceptors (Lipinski definition) is 5. The number of anilines is 2. The third-order valence-electron chi connectivity index (χ3n) is 5.32. The van der Waals surface area contributed by atoms with Crippen LogP contribution in [-0.2, 0) is 10.9 Å². The van der Waals surface area contributed by atoms with Gasteiger partial charge in [0.2, 0.25) is 0 Å². The minimum absolute atomic E-state index is 0.0302. The minimum atomic E-state index is -4.46. The number of rotatable bonds is 8. The van der Waals surface area contributed by atoms with Crippen molar-refractivity contribution in [3.63, 3.8) is 0 Å². The van der Waals surface area contributed by atoms with Crippen LogP contribution in [0.4, 0.5) is 29.3 Å². The number of nitrogens with one attached hydrogen (secondary N) is 2. The number of hydrogen-bond donors (Lipinski definition) is 2. The molecule has 0 fully saturated rings. The number of alkyl halides is 3. The van der Waals surface area contributed by atoms with Gasteiger partial charge in [-0.05, 0) is 48.9 Å². The number of aromatic nitrogens is 3. The van der Waals surface area contributed by atoms with Crippen LogP contribution in [0.25, 0.3) is 17.1 Å². The molecule has 192 valence electrons. The Morgan fingerprint density at radius 2 is 1.73 bits per heavy atom. The minimum Gasteiger partial charge on any atom is -0.460 e. The number of urea groups is 1. The zero-order valence-corrected chi connectivity index (χ0v) is 20.0. The summed E-state index contributed by atoms with van der Waals surface area (Å²) in [6.45, 7) is 2.38. The van der Waals surface area contributed by atoms with Gasteiger partial charge in [0.15, 0.2) is 5.82 Å². The van der Waals surface area contributed by atoms with E-state index in [1.165, 1.54) is 23.9 Å². The highest BCUT2D eigenvalue weighted by Crippen LogP contribution is 2.32. The molecule has 0 spiro atoms. The predicted molar refractivity (Wildman–Crippen MR) is 133 cm³/mol. The Kier molecular flexibility index (Phi) is 7.73. The molecule has 0 radical (unpaired) electrons. The van der Waals surface area contributed by atoms with Crippen molar-refractivity contribution in [2.24, 2.45) is 0 Å². The number of carbonyl (C=O) groups is 1. The Morgan fingerprint density at radius 1 is 0.973 bits per heavy atom. The third kappa shape index (κ3) is 6.44. The summed E-state index contributed by atoms with van der Waals surface area (Å²) in [6.07, 6.45) is -4.46. The lowest BCUT2D eigenvalue weighted by Crippen LogP contribution is -2.20. The normalized spacial score (nSPS) is 11.3. The molecule has 0 unspecified atom stereocenters. The van der Waals surface area contributed by atoms with Gasteiger partial charge in [-0.3, -0.25) is 0 Å². The molecule has 1 aromatic heterocycles. The van der Waals surface area contributed by atoms with E-state index in [2.05, 4.69) is 20.7 Å². The van der Waals surface area contributed by atoms with E-state index in [1.54, 1.807) is 30.3 Å². The molecule has 0 saturated carbocycles. The smallest absolute Gasteiger partial charge is 0.416 e. The molecule has 4 rings (SSSR count). The van der Waals surface area contributed by atoms with Crippen LogP contribution in [0.3, 0.4) is 0 Å². The van der Waals surface area contributed by atoms with Gasteiger partial charge in [0.1, 0.15) is 6.61 Å². The van der Waals surface area contributed by atoms with Crippen molar-refractivity contribution in [2.75, 3.05) is 31.0 Å². The molecular weight excluding hydrogens is 487 g/mol. The number of nitrogens with zero attached hydrogens (tertiary/aromatic N) is 3. The number of methoxy groups -OCH3 is 1. The molecule has 0 aliphatic rings. The summed E-state index contributed by atoms with van der Waals surface area (Å²) >= 11 is 0. The van der Waals surface area contributed by atoms with E-state index in [4.69, 9.17) is 9.47 Å². The first-order chi connectivity index (χ1) is 17.7. The van der Waals surface area contributed by atoms with Crippen LogP contribution in [0.15, 0.2) is 72.8 Å². The third-order valence-corrected chi connectivity index (χ3v) is 5.32. The van der Waals surface area contributed by atoms with Crippen molar-refractivity contribution in [3.05, 3.63) is 83.9 Å².